The number of ketones is 3. The van der Waals surface area contributed by atoms with E-state index in [1.54, 1.807) is 46.4 Å². The summed E-state index contributed by atoms with van der Waals surface area (Å²) in [6.45, 7) is 20.3. The average Bonchev–Trinajstić information content (AvgIpc) is 1.34. The van der Waals surface area contributed by atoms with Gasteiger partial charge in [0.2, 0.25) is 17.6 Å². The van der Waals surface area contributed by atoms with E-state index in [0.717, 1.165) is 47.0 Å². The van der Waals surface area contributed by atoms with Crippen LogP contribution in [0.3, 0.4) is 0 Å². The first-order chi connectivity index (χ1) is 64.3. The molecule has 0 radical (unpaired) electrons. The maximum Gasteiger partial charge on any atom is 0.407 e. The fourth-order valence-electron chi connectivity index (χ4n) is 16.9. The molecule has 5 aliphatic rings. The Kier molecular flexibility index (Phi) is 47.7. The van der Waals surface area contributed by atoms with Gasteiger partial charge in [0.25, 0.3) is 11.7 Å². The summed E-state index contributed by atoms with van der Waals surface area (Å²) in [4.78, 5) is 128. The number of aliphatic hydroxyl groups excluding tert-OH is 1. The van der Waals surface area contributed by atoms with E-state index < -0.39 is 71.8 Å². The fraction of sp³-hybridized carbons (Fsp3) is 0.653. The van der Waals surface area contributed by atoms with E-state index in [4.69, 9.17) is 77.5 Å². The number of ether oxygens (including phenoxy) is 14. The van der Waals surface area contributed by atoms with Gasteiger partial charge in [0.15, 0.2) is 0 Å². The molecule has 4 amide bonds. The van der Waals surface area contributed by atoms with Gasteiger partial charge in [-0.05, 0) is 149 Å². The molecule has 0 spiro atoms. The van der Waals surface area contributed by atoms with Crippen LogP contribution in [0.5, 0.6) is 0 Å². The van der Waals surface area contributed by atoms with Gasteiger partial charge < -0.3 is 113 Å². The van der Waals surface area contributed by atoms with Crippen molar-refractivity contribution in [1.82, 2.24) is 40.4 Å². The molecule has 2 saturated heterocycles. The minimum Gasteiger partial charge on any atom is -0.462 e. The van der Waals surface area contributed by atoms with Crippen molar-refractivity contribution in [2.24, 2.45) is 29.6 Å². The van der Waals surface area contributed by atoms with Gasteiger partial charge in [0, 0.05) is 119 Å². The van der Waals surface area contributed by atoms with Crippen LogP contribution < -0.4 is 21.7 Å². The molecular formula is C98H145N11O24. The average molecular weight is 1860 g/mol. The number of Topliss-reactive ketones (excluding diaryl/α,β-unsaturated/α-hetero) is 3. The number of allylic oxidation sites excluding steroid dienone is 6. The van der Waals surface area contributed by atoms with E-state index in [1.807, 2.05) is 74.3 Å². The molecule has 9 rings (SSSR count). The number of fused-ring (bicyclic) bond motifs is 5. The number of benzene rings is 1. The summed E-state index contributed by atoms with van der Waals surface area (Å²) in [6, 6.07) is 9.31. The van der Waals surface area contributed by atoms with Crippen molar-refractivity contribution in [3.8, 4) is 0 Å². The van der Waals surface area contributed by atoms with E-state index in [-0.39, 0.29) is 117 Å². The first-order valence-corrected chi connectivity index (χ1v) is 47.5. The molecule has 35 nitrogen and oxygen atoms in total. The zero-order valence-corrected chi connectivity index (χ0v) is 78.9. The fourth-order valence-corrected chi connectivity index (χ4v) is 16.9. The predicted molar refractivity (Wildman–Crippen MR) is 497 cm³/mol. The highest BCUT2D eigenvalue weighted by molar-refractivity contribution is 6.39. The molecule has 1 saturated carbocycles. The van der Waals surface area contributed by atoms with Crippen molar-refractivity contribution < 1.29 is 115 Å². The monoisotopic (exact) mass is 1860 g/mol. The number of nitrogens with zero attached hydrogens (tertiary/aromatic N) is 5. The molecule has 10 atom stereocenters. The van der Waals surface area contributed by atoms with Crippen LogP contribution in [0.4, 0.5) is 16.4 Å². The highest BCUT2D eigenvalue weighted by Crippen LogP contribution is 2.38. The number of hydrogen-bond acceptors (Lipinski definition) is 30. The van der Waals surface area contributed by atoms with E-state index in [9.17, 15) is 48.6 Å². The number of esters is 1. The van der Waals surface area contributed by atoms with Crippen LogP contribution in [-0.4, -0.2) is 301 Å². The van der Waals surface area contributed by atoms with Crippen molar-refractivity contribution in [3.63, 3.8) is 0 Å². The third-order valence-electron chi connectivity index (χ3n) is 24.8. The minimum absolute atomic E-state index is 0.0400. The first-order valence-electron chi connectivity index (χ1n) is 47.5. The van der Waals surface area contributed by atoms with E-state index in [0.29, 0.717) is 238 Å². The summed E-state index contributed by atoms with van der Waals surface area (Å²) in [7, 11) is 1.58. The number of carbonyl (C=O) groups is 8. The summed E-state index contributed by atoms with van der Waals surface area (Å²) in [5.74, 6) is -6.27. The van der Waals surface area contributed by atoms with Gasteiger partial charge in [-0.2, -0.15) is 0 Å². The molecule has 1 unspecified atom stereocenters. The number of nitrogens with two attached hydrogens (primary N) is 1. The molecular weight excluding hydrogens is 1720 g/mol. The van der Waals surface area contributed by atoms with Crippen LogP contribution in [0, 0.1) is 35.0 Å². The van der Waals surface area contributed by atoms with Crippen LogP contribution in [0.15, 0.2) is 96.7 Å². The van der Waals surface area contributed by atoms with E-state index in [2.05, 4.69) is 48.0 Å². The number of rotatable bonds is 46. The highest BCUT2D eigenvalue weighted by atomic mass is 16.6. The highest BCUT2D eigenvalue weighted by Gasteiger charge is 2.53. The Labute approximate surface area is 782 Å². The molecule has 736 valence electrons. The second-order valence-corrected chi connectivity index (χ2v) is 35.1. The first kappa shape index (κ1) is 107. The van der Waals surface area contributed by atoms with Crippen LogP contribution in [0.25, 0.3) is 11.0 Å². The third kappa shape index (κ3) is 37.4. The summed E-state index contributed by atoms with van der Waals surface area (Å²) in [6.07, 6.45) is 20.3. The van der Waals surface area contributed by atoms with Gasteiger partial charge in [0.1, 0.15) is 47.4 Å². The summed E-state index contributed by atoms with van der Waals surface area (Å²) in [5.41, 5.74) is 12.9. The lowest BCUT2D eigenvalue weighted by atomic mass is 9.83. The number of amides is 4. The Hall–Kier alpha value is -9.18. The molecule has 4 aliphatic heterocycles. The van der Waals surface area contributed by atoms with Gasteiger partial charge in [-0.25, -0.2) is 19.7 Å². The number of carbonyl (C=O) groups excluding carboxylic acids is 8. The molecule has 7 heterocycles. The largest absolute Gasteiger partial charge is 0.462 e. The third-order valence-corrected chi connectivity index (χ3v) is 24.8. The SMILES string of the molecule is CO[C@H]1CC2CC[C@@H](C)[C@@](O)(O2)C(=O)C(=O)N2CCCC[C@H]2CC(=O)O[C@H](CCC2CCC(OC(=O)NCCOCCOCCOCCOCCOCCC(=O)NCCOCCOCCOCCOCCOCCC(=O)N3CCc4cc(CNc5ncnc(N)c5C(=N)c5cnc6[nH]ccc6c5)ccc4C3)CC2)CC(=O)[C@H](C)/C=C(\C)[C@@H](O)CC(=O)[C@H](C)C[C@H](C)/C=C/C=C/C=C1C. The number of methoxy groups -OCH3 is 1. The number of H-pyrrole nitrogens is 1. The Morgan fingerprint density at radius 2 is 1.30 bits per heavy atom. The number of cyclic esters (lactones) is 1. The summed E-state index contributed by atoms with van der Waals surface area (Å²) < 4.78 is 79.9. The molecule has 1 aromatic carbocycles. The molecule has 35 heteroatoms. The van der Waals surface area contributed by atoms with Crippen LogP contribution >= 0.6 is 0 Å². The number of piperidine rings is 1. The van der Waals surface area contributed by atoms with Crippen molar-refractivity contribution in [1.29, 1.82) is 5.41 Å². The van der Waals surface area contributed by atoms with Gasteiger partial charge in [-0.3, -0.25) is 39.0 Å². The molecule has 133 heavy (non-hydrogen) atoms. The second-order valence-electron chi connectivity index (χ2n) is 35.1. The normalized spacial score (nSPS) is 24.5. The summed E-state index contributed by atoms with van der Waals surface area (Å²) in [5, 5.41) is 42.0. The quantitative estimate of drug-likeness (QED) is 0.00670. The number of aromatic amines is 1. The topological polar surface area (TPSA) is 453 Å². The molecule has 1 aliphatic carbocycles. The number of nitrogen functional groups attached to an aromatic ring is 1. The maximum absolute atomic E-state index is 14.3. The van der Waals surface area contributed by atoms with Crippen LogP contribution in [-0.2, 0) is 119 Å². The Balaban J connectivity index is 0.527. The smallest absolute Gasteiger partial charge is 0.407 e. The molecule has 2 bridgehead atoms. The van der Waals surface area contributed by atoms with Crippen LogP contribution in [0.1, 0.15) is 185 Å². The van der Waals surface area contributed by atoms with E-state index in [1.165, 1.54) is 16.8 Å². The zero-order chi connectivity index (χ0) is 95.1. The standard InChI is InChI=1S/C98H145N11O24/c1-67-13-9-8-10-14-68(2)86(120-7)61-82-22-16-72(6)98(119,133-82)92(116)96(117)109-33-12-11-15-79(109)59-89(115)131-81(60-83(110)70(4)56-71(5)85(112)62-84(111)69(3)55-67)25-20-73-18-23-80(24-19-73)132-97(118)103-32-38-124-42-46-128-50-54-129-51-47-125-43-39-121-35-28-87(113)101-31-37-123-41-45-127-49-53-130-52-48-126-44-40-122-36-29-88(114)108-34-27-75-57-74(17-21-77(75)65-108)63-104-95-90(93(100)106-66-107-95)91(99)78-58-76-26-30-102-94(76)105-64-78/h8-10,13-14,17,21,26,30,56-58,64,66-67,69-70,72-73,79-82,85-86,99,112,119H,11-12,15-16,18-20,22-25,27-29,31-55,59-63,65H2,1-7H3,(H,101,113)(H,102,105)(H,103,118)(H3,100,104,106,107)/b10-8+,13-9+,68-14?,71-56+,99-91?/t67-,69-,70-,72-,73?,79+,80?,81-,82?,85+,86+,98-/m1/s1. The number of aromatic nitrogens is 4. The molecule has 3 aromatic heterocycles. The number of anilines is 2. The van der Waals surface area contributed by atoms with Crippen LogP contribution in [0.2, 0.25) is 0 Å². The lowest BCUT2D eigenvalue weighted by molar-refractivity contribution is -0.265. The van der Waals surface area contributed by atoms with Crippen molar-refractivity contribution in [2.75, 3.05) is 176 Å². The van der Waals surface area contributed by atoms with Crippen molar-refractivity contribution >= 4 is 75.5 Å². The Morgan fingerprint density at radius 3 is 1.96 bits per heavy atom. The lowest BCUT2D eigenvalue weighted by Crippen LogP contribution is -2.60. The van der Waals surface area contributed by atoms with Crippen molar-refractivity contribution in [3.05, 3.63) is 124 Å². The Bertz CT molecular complexity index is 4420. The number of hydrogen-bond donors (Lipinski definition) is 8. The second kappa shape index (κ2) is 59.0. The van der Waals surface area contributed by atoms with Gasteiger partial charge in [-0.1, -0.05) is 82.4 Å². The van der Waals surface area contributed by atoms with Gasteiger partial charge in [0.05, 0.1) is 175 Å². The number of alkyl carbamates (subject to hydrolysis) is 1. The molecule has 3 fully saturated rings. The maximum atomic E-state index is 14.3. The van der Waals surface area contributed by atoms with E-state index >= 15 is 0 Å². The number of aliphatic hydroxyl groups is 2. The predicted octanol–water partition coefficient (Wildman–Crippen LogP) is 9.73. The Morgan fingerprint density at radius 1 is 0.662 bits per heavy atom. The van der Waals surface area contributed by atoms with Crippen molar-refractivity contribution in [2.45, 2.75) is 219 Å². The molecule has 4 aromatic rings. The zero-order valence-electron chi connectivity index (χ0n) is 78.9. The number of nitrogens with one attached hydrogen (secondary N) is 5. The minimum atomic E-state index is -2.40. The number of pyridine rings is 1. The molecule has 9 N–H and O–H groups in total. The van der Waals surface area contributed by atoms with Gasteiger partial charge in [-0.15, -0.1) is 0 Å². The van der Waals surface area contributed by atoms with Gasteiger partial charge >= 0.3 is 12.1 Å². The summed E-state index contributed by atoms with van der Waals surface area (Å²) >= 11 is 0. The lowest BCUT2D eigenvalue weighted by Gasteiger charge is -2.43.